The number of hydrogen-bond donors (Lipinski definition) is 2. The first-order chi connectivity index (χ1) is 9.52. The van der Waals surface area contributed by atoms with Crippen molar-refractivity contribution in [1.29, 1.82) is 0 Å². The molecule has 0 spiro atoms. The van der Waals surface area contributed by atoms with E-state index in [-0.39, 0.29) is 22.6 Å². The maximum atomic E-state index is 13.9. The highest BCUT2D eigenvalue weighted by atomic mass is 35.5. The molecule has 0 aromatic heterocycles. The van der Waals surface area contributed by atoms with Gasteiger partial charge in [-0.1, -0.05) is 29.8 Å². The highest BCUT2D eigenvalue weighted by Crippen LogP contribution is 2.26. The molecule has 3 N–H and O–H groups in total. The predicted octanol–water partition coefficient (Wildman–Crippen LogP) is 3.50. The molecule has 1 atom stereocenters. The lowest BCUT2D eigenvalue weighted by atomic mass is 9.98. The molecule has 0 bridgehead atoms. The van der Waals surface area contributed by atoms with Crippen LogP contribution in [-0.2, 0) is 6.42 Å². The molecule has 0 fully saturated rings. The minimum atomic E-state index is -0.701. The second-order valence-electron chi connectivity index (χ2n) is 4.30. The van der Waals surface area contributed by atoms with Gasteiger partial charge in [0.25, 0.3) is 0 Å². The fraction of sp³-hybridized carbons (Fsp3) is 0.143. The Kier molecular flexibility index (Phi) is 4.65. The Morgan fingerprint density at radius 2 is 1.90 bits per heavy atom. The molecule has 0 saturated carbocycles. The number of nitrogens with one attached hydrogen (secondary N) is 1. The molecule has 0 radical (unpaired) electrons. The smallest absolute Gasteiger partial charge is 0.146 e. The van der Waals surface area contributed by atoms with E-state index in [1.165, 1.54) is 18.2 Å². The van der Waals surface area contributed by atoms with Crippen LogP contribution >= 0.6 is 11.6 Å². The summed E-state index contributed by atoms with van der Waals surface area (Å²) < 4.78 is 40.4. The molecule has 1 unspecified atom stereocenters. The molecule has 0 aliphatic rings. The first-order valence-electron chi connectivity index (χ1n) is 5.87. The van der Waals surface area contributed by atoms with Crippen LogP contribution in [0.2, 0.25) is 5.02 Å². The SMILES string of the molecule is NNC(Cc1ccc(F)cc1F)c1cccc(Cl)c1F. The quantitative estimate of drug-likeness (QED) is 0.670. The first kappa shape index (κ1) is 14.8. The van der Waals surface area contributed by atoms with Gasteiger partial charge >= 0.3 is 0 Å². The lowest BCUT2D eigenvalue weighted by molar-refractivity contribution is 0.496. The minimum absolute atomic E-state index is 0.0395. The van der Waals surface area contributed by atoms with Gasteiger partial charge in [-0.2, -0.15) is 0 Å². The Labute approximate surface area is 119 Å². The zero-order chi connectivity index (χ0) is 14.7. The third kappa shape index (κ3) is 3.12. The van der Waals surface area contributed by atoms with Gasteiger partial charge in [0.15, 0.2) is 0 Å². The average molecular weight is 301 g/mol. The summed E-state index contributed by atoms with van der Waals surface area (Å²) in [6.45, 7) is 0. The van der Waals surface area contributed by atoms with Gasteiger partial charge in [0, 0.05) is 11.6 Å². The fourth-order valence-corrected chi connectivity index (χ4v) is 2.14. The van der Waals surface area contributed by atoms with Crippen LogP contribution in [0, 0.1) is 17.5 Å². The topological polar surface area (TPSA) is 38.0 Å². The Morgan fingerprint density at radius 3 is 2.55 bits per heavy atom. The highest BCUT2D eigenvalue weighted by molar-refractivity contribution is 6.30. The molecule has 0 aliphatic heterocycles. The molecular weight excluding hydrogens is 289 g/mol. The zero-order valence-corrected chi connectivity index (χ0v) is 11.1. The maximum Gasteiger partial charge on any atom is 0.146 e. The molecule has 0 amide bonds. The van der Waals surface area contributed by atoms with Crippen molar-refractivity contribution in [2.75, 3.05) is 0 Å². The molecule has 2 aromatic rings. The van der Waals surface area contributed by atoms with Gasteiger partial charge in [0.2, 0.25) is 0 Å². The average Bonchev–Trinajstić information content (AvgIpc) is 2.42. The summed E-state index contributed by atoms with van der Waals surface area (Å²) in [6, 6.07) is 7.04. The molecule has 2 nitrogen and oxygen atoms in total. The Morgan fingerprint density at radius 1 is 1.15 bits per heavy atom. The monoisotopic (exact) mass is 300 g/mol. The number of rotatable bonds is 4. The summed E-state index contributed by atoms with van der Waals surface area (Å²) in [4.78, 5) is 0. The van der Waals surface area contributed by atoms with Crippen LogP contribution in [0.5, 0.6) is 0 Å². The van der Waals surface area contributed by atoms with E-state index < -0.39 is 23.5 Å². The van der Waals surface area contributed by atoms with E-state index in [1.54, 1.807) is 6.07 Å². The second kappa shape index (κ2) is 6.26. The standard InChI is InChI=1S/C14H12ClF3N2/c15-11-3-1-2-10(14(11)18)13(20-19)6-8-4-5-9(16)7-12(8)17/h1-5,7,13,20H,6,19H2. The third-order valence-corrected chi connectivity index (χ3v) is 3.29. The van der Waals surface area contributed by atoms with Crippen molar-refractivity contribution >= 4 is 11.6 Å². The summed E-state index contributed by atoms with van der Waals surface area (Å²) in [6.07, 6.45) is 0.0693. The molecule has 20 heavy (non-hydrogen) atoms. The summed E-state index contributed by atoms with van der Waals surface area (Å²) in [7, 11) is 0. The predicted molar refractivity (Wildman–Crippen MR) is 71.5 cm³/mol. The van der Waals surface area contributed by atoms with Crippen LogP contribution in [0.15, 0.2) is 36.4 Å². The van der Waals surface area contributed by atoms with Gasteiger partial charge in [-0.3, -0.25) is 11.3 Å². The van der Waals surface area contributed by atoms with Gasteiger partial charge in [0.05, 0.1) is 11.1 Å². The number of halogens is 4. The van der Waals surface area contributed by atoms with Crippen LogP contribution in [-0.4, -0.2) is 0 Å². The van der Waals surface area contributed by atoms with Gasteiger partial charge < -0.3 is 0 Å². The van der Waals surface area contributed by atoms with E-state index >= 15 is 0 Å². The van der Waals surface area contributed by atoms with Crippen molar-refractivity contribution < 1.29 is 13.2 Å². The summed E-state index contributed by atoms with van der Waals surface area (Å²) in [5.41, 5.74) is 2.87. The number of nitrogens with two attached hydrogens (primary N) is 1. The van der Waals surface area contributed by atoms with Crippen LogP contribution in [0.4, 0.5) is 13.2 Å². The molecular formula is C14H12ClF3N2. The fourth-order valence-electron chi connectivity index (χ4n) is 1.96. The summed E-state index contributed by atoms with van der Waals surface area (Å²) in [5.74, 6) is 3.41. The number of benzene rings is 2. The normalized spacial score (nSPS) is 12.4. The maximum absolute atomic E-state index is 13.9. The Balaban J connectivity index is 2.31. The molecule has 0 heterocycles. The van der Waals surface area contributed by atoms with E-state index in [0.717, 1.165) is 12.1 Å². The molecule has 2 rings (SSSR count). The van der Waals surface area contributed by atoms with Gasteiger partial charge in [-0.25, -0.2) is 13.2 Å². The van der Waals surface area contributed by atoms with Crippen LogP contribution < -0.4 is 11.3 Å². The van der Waals surface area contributed by atoms with Crippen molar-refractivity contribution in [1.82, 2.24) is 5.43 Å². The van der Waals surface area contributed by atoms with Crippen LogP contribution in [0.3, 0.4) is 0 Å². The van der Waals surface area contributed by atoms with E-state index in [9.17, 15) is 13.2 Å². The van der Waals surface area contributed by atoms with Crippen molar-refractivity contribution in [2.24, 2.45) is 5.84 Å². The summed E-state index contributed by atoms with van der Waals surface area (Å²) in [5, 5.41) is -0.0395. The molecule has 2 aromatic carbocycles. The molecule has 106 valence electrons. The number of hydrogen-bond acceptors (Lipinski definition) is 2. The Hall–Kier alpha value is -1.56. The van der Waals surface area contributed by atoms with Crippen LogP contribution in [0.1, 0.15) is 17.2 Å². The first-order valence-corrected chi connectivity index (χ1v) is 6.24. The minimum Gasteiger partial charge on any atom is -0.271 e. The van der Waals surface area contributed by atoms with Crippen LogP contribution in [0.25, 0.3) is 0 Å². The highest BCUT2D eigenvalue weighted by Gasteiger charge is 2.18. The van der Waals surface area contributed by atoms with Crippen molar-refractivity contribution in [3.8, 4) is 0 Å². The zero-order valence-electron chi connectivity index (χ0n) is 10.3. The second-order valence-corrected chi connectivity index (χ2v) is 4.71. The Bertz CT molecular complexity index is 619. The summed E-state index contributed by atoms with van der Waals surface area (Å²) >= 11 is 5.70. The van der Waals surface area contributed by atoms with Gasteiger partial charge in [-0.05, 0) is 24.1 Å². The van der Waals surface area contributed by atoms with Gasteiger partial charge in [-0.15, -0.1) is 0 Å². The lowest BCUT2D eigenvalue weighted by Crippen LogP contribution is -2.30. The van der Waals surface area contributed by atoms with E-state index in [4.69, 9.17) is 17.4 Å². The molecule has 0 aliphatic carbocycles. The van der Waals surface area contributed by atoms with Gasteiger partial charge in [0.1, 0.15) is 17.5 Å². The molecule has 0 saturated heterocycles. The van der Waals surface area contributed by atoms with E-state index in [2.05, 4.69) is 5.43 Å². The number of hydrazine groups is 1. The van der Waals surface area contributed by atoms with Crippen molar-refractivity contribution in [3.63, 3.8) is 0 Å². The van der Waals surface area contributed by atoms with E-state index in [1.807, 2.05) is 0 Å². The van der Waals surface area contributed by atoms with Crippen molar-refractivity contribution in [3.05, 3.63) is 70.0 Å². The van der Waals surface area contributed by atoms with Crippen molar-refractivity contribution in [2.45, 2.75) is 12.5 Å². The van der Waals surface area contributed by atoms with E-state index in [0.29, 0.717) is 0 Å². The third-order valence-electron chi connectivity index (χ3n) is 3.00. The largest absolute Gasteiger partial charge is 0.271 e. The molecule has 6 heteroatoms. The lowest BCUT2D eigenvalue weighted by Gasteiger charge is -2.18.